The zero-order valence-electron chi connectivity index (χ0n) is 16.3. The number of benzene rings is 2. The molecule has 1 aliphatic carbocycles. The number of hydrogen-bond acceptors (Lipinski definition) is 6. The first-order valence-corrected chi connectivity index (χ1v) is 11.2. The van der Waals surface area contributed by atoms with Gasteiger partial charge in [-0.1, -0.05) is 31.4 Å². The summed E-state index contributed by atoms with van der Waals surface area (Å²) in [6.07, 6.45) is 5.63. The minimum Gasteiger partial charge on any atom is -0.497 e. The van der Waals surface area contributed by atoms with Crippen LogP contribution in [-0.2, 0) is 10.0 Å². The molecule has 1 aliphatic rings. The Kier molecular flexibility index (Phi) is 5.53. The van der Waals surface area contributed by atoms with Gasteiger partial charge in [0.1, 0.15) is 5.75 Å². The second-order valence-corrected chi connectivity index (χ2v) is 8.85. The Hall–Kier alpha value is -2.87. The van der Waals surface area contributed by atoms with E-state index < -0.39 is 10.0 Å². The van der Waals surface area contributed by atoms with Gasteiger partial charge in [0.15, 0.2) is 11.6 Å². The van der Waals surface area contributed by atoms with Crippen molar-refractivity contribution in [2.24, 2.45) is 0 Å². The number of ether oxygens (including phenoxy) is 1. The molecule has 0 atom stereocenters. The SMILES string of the molecule is COc1ccc(S(=O)(=O)Nc2nc3ccccc3nc2NC2CCCCC2)cc1. The molecular weight excluding hydrogens is 388 g/mol. The summed E-state index contributed by atoms with van der Waals surface area (Å²) >= 11 is 0. The fraction of sp³-hybridized carbons (Fsp3) is 0.333. The molecule has 8 heteroatoms. The van der Waals surface area contributed by atoms with E-state index in [0.29, 0.717) is 17.1 Å². The molecule has 152 valence electrons. The summed E-state index contributed by atoms with van der Waals surface area (Å²) in [6.45, 7) is 0. The van der Waals surface area contributed by atoms with Gasteiger partial charge < -0.3 is 10.1 Å². The maximum atomic E-state index is 12.9. The van der Waals surface area contributed by atoms with E-state index in [1.54, 1.807) is 12.1 Å². The van der Waals surface area contributed by atoms with Crippen LogP contribution in [-0.4, -0.2) is 31.5 Å². The van der Waals surface area contributed by atoms with Gasteiger partial charge in [0.25, 0.3) is 10.0 Å². The summed E-state index contributed by atoms with van der Waals surface area (Å²) in [7, 11) is -2.28. The van der Waals surface area contributed by atoms with Crippen LogP contribution in [0.1, 0.15) is 32.1 Å². The van der Waals surface area contributed by atoms with Crippen molar-refractivity contribution >= 4 is 32.7 Å². The normalized spacial score (nSPS) is 15.2. The number of hydrogen-bond donors (Lipinski definition) is 2. The van der Waals surface area contributed by atoms with Crippen molar-refractivity contribution in [3.63, 3.8) is 0 Å². The molecule has 0 spiro atoms. The lowest BCUT2D eigenvalue weighted by atomic mass is 9.95. The molecule has 0 unspecified atom stereocenters. The smallest absolute Gasteiger partial charge is 0.263 e. The first-order valence-electron chi connectivity index (χ1n) is 9.75. The fourth-order valence-corrected chi connectivity index (χ4v) is 4.56. The van der Waals surface area contributed by atoms with E-state index in [4.69, 9.17) is 4.74 Å². The van der Waals surface area contributed by atoms with Crippen LogP contribution in [0.2, 0.25) is 0 Å². The van der Waals surface area contributed by atoms with Crippen molar-refractivity contribution < 1.29 is 13.2 Å². The highest BCUT2D eigenvalue weighted by atomic mass is 32.2. The third kappa shape index (κ3) is 4.42. The zero-order valence-corrected chi connectivity index (χ0v) is 17.1. The number of rotatable bonds is 6. The molecule has 1 heterocycles. The predicted octanol–water partition coefficient (Wildman–Crippen LogP) is 4.18. The van der Waals surface area contributed by atoms with Gasteiger partial charge in [-0.05, 0) is 49.2 Å². The molecule has 4 rings (SSSR count). The molecule has 0 bridgehead atoms. The highest BCUT2D eigenvalue weighted by Crippen LogP contribution is 2.28. The Balaban J connectivity index is 1.69. The molecule has 1 aromatic heterocycles. The van der Waals surface area contributed by atoms with Crippen LogP contribution in [0.25, 0.3) is 11.0 Å². The first-order chi connectivity index (χ1) is 14.0. The number of aromatic nitrogens is 2. The Labute approximate surface area is 170 Å². The molecule has 2 aromatic carbocycles. The van der Waals surface area contributed by atoms with Gasteiger partial charge in [-0.3, -0.25) is 4.72 Å². The lowest BCUT2D eigenvalue weighted by molar-refractivity contribution is 0.414. The van der Waals surface area contributed by atoms with E-state index in [0.717, 1.165) is 31.2 Å². The minimum atomic E-state index is -3.82. The van der Waals surface area contributed by atoms with Crippen LogP contribution in [0.5, 0.6) is 5.75 Å². The number of fused-ring (bicyclic) bond motifs is 1. The van der Waals surface area contributed by atoms with Gasteiger partial charge in [-0.15, -0.1) is 0 Å². The summed E-state index contributed by atoms with van der Waals surface area (Å²) in [5.41, 5.74) is 1.35. The molecule has 0 saturated heterocycles. The van der Waals surface area contributed by atoms with Gasteiger partial charge in [0, 0.05) is 6.04 Å². The quantitative estimate of drug-likeness (QED) is 0.631. The molecule has 3 aromatic rings. The molecule has 1 fully saturated rings. The summed E-state index contributed by atoms with van der Waals surface area (Å²) < 4.78 is 33.6. The maximum Gasteiger partial charge on any atom is 0.263 e. The second kappa shape index (κ2) is 8.24. The summed E-state index contributed by atoms with van der Waals surface area (Å²) in [5, 5.41) is 3.41. The molecule has 2 N–H and O–H groups in total. The number of nitrogens with zero attached hydrogens (tertiary/aromatic N) is 2. The average Bonchev–Trinajstić information content (AvgIpc) is 2.75. The van der Waals surface area contributed by atoms with Crippen LogP contribution < -0.4 is 14.8 Å². The monoisotopic (exact) mass is 412 g/mol. The highest BCUT2D eigenvalue weighted by molar-refractivity contribution is 7.92. The summed E-state index contributed by atoms with van der Waals surface area (Å²) in [5.74, 6) is 1.27. The minimum absolute atomic E-state index is 0.136. The summed E-state index contributed by atoms with van der Waals surface area (Å²) in [6, 6.07) is 13.9. The molecule has 0 amide bonds. The van der Waals surface area contributed by atoms with Crippen molar-refractivity contribution in [2.75, 3.05) is 17.1 Å². The van der Waals surface area contributed by atoms with Crippen molar-refractivity contribution in [3.05, 3.63) is 48.5 Å². The molecule has 0 radical (unpaired) electrons. The van der Waals surface area contributed by atoms with Crippen LogP contribution in [0, 0.1) is 0 Å². The van der Waals surface area contributed by atoms with Crippen molar-refractivity contribution in [3.8, 4) is 5.75 Å². The van der Waals surface area contributed by atoms with Gasteiger partial charge in [0.2, 0.25) is 0 Å². The van der Waals surface area contributed by atoms with Crippen molar-refractivity contribution in [2.45, 2.75) is 43.0 Å². The Morgan fingerprint density at radius 2 is 1.52 bits per heavy atom. The zero-order chi connectivity index (χ0) is 20.3. The van der Waals surface area contributed by atoms with Crippen LogP contribution in [0.4, 0.5) is 11.6 Å². The Bertz CT molecular complexity index is 1090. The third-order valence-corrected chi connectivity index (χ3v) is 6.47. The maximum absolute atomic E-state index is 12.9. The number of para-hydroxylation sites is 2. The van der Waals surface area contributed by atoms with E-state index in [-0.39, 0.29) is 16.8 Å². The van der Waals surface area contributed by atoms with Crippen molar-refractivity contribution in [1.29, 1.82) is 0 Å². The summed E-state index contributed by atoms with van der Waals surface area (Å²) in [4.78, 5) is 9.34. The highest BCUT2D eigenvalue weighted by Gasteiger charge is 2.21. The second-order valence-electron chi connectivity index (χ2n) is 7.17. The molecule has 1 saturated carbocycles. The molecule has 29 heavy (non-hydrogen) atoms. The number of methoxy groups -OCH3 is 1. The first kappa shape index (κ1) is 19.4. The largest absolute Gasteiger partial charge is 0.497 e. The fourth-order valence-electron chi connectivity index (χ4n) is 3.55. The Morgan fingerprint density at radius 1 is 0.897 bits per heavy atom. The van der Waals surface area contributed by atoms with E-state index in [9.17, 15) is 8.42 Å². The topological polar surface area (TPSA) is 93.2 Å². The van der Waals surface area contributed by atoms with E-state index in [2.05, 4.69) is 20.0 Å². The van der Waals surface area contributed by atoms with E-state index in [1.165, 1.54) is 25.7 Å². The van der Waals surface area contributed by atoms with Crippen LogP contribution in [0.15, 0.2) is 53.4 Å². The Morgan fingerprint density at radius 3 is 2.14 bits per heavy atom. The van der Waals surface area contributed by atoms with E-state index >= 15 is 0 Å². The van der Waals surface area contributed by atoms with Crippen molar-refractivity contribution in [1.82, 2.24) is 9.97 Å². The molecule has 0 aliphatic heterocycles. The van der Waals surface area contributed by atoms with Gasteiger partial charge in [0.05, 0.1) is 23.0 Å². The van der Waals surface area contributed by atoms with E-state index in [1.807, 2.05) is 24.3 Å². The molecular formula is C21H24N4O3S. The van der Waals surface area contributed by atoms with Gasteiger partial charge in [-0.25, -0.2) is 18.4 Å². The average molecular weight is 413 g/mol. The number of nitrogens with one attached hydrogen (secondary N) is 2. The lowest BCUT2D eigenvalue weighted by Gasteiger charge is -2.24. The van der Waals surface area contributed by atoms with Crippen LogP contribution >= 0.6 is 0 Å². The van der Waals surface area contributed by atoms with Gasteiger partial charge in [-0.2, -0.15) is 0 Å². The molecule has 7 nitrogen and oxygen atoms in total. The third-order valence-electron chi connectivity index (χ3n) is 5.12. The van der Waals surface area contributed by atoms with Crippen LogP contribution in [0.3, 0.4) is 0 Å². The number of anilines is 2. The lowest BCUT2D eigenvalue weighted by Crippen LogP contribution is -2.24. The standard InChI is InChI=1S/C21H24N4O3S/c1-28-16-11-13-17(14-12-16)29(26,27)25-21-20(22-15-7-3-2-4-8-15)23-18-9-5-6-10-19(18)24-21/h5-6,9-15H,2-4,7-8H2,1H3,(H,22,23)(H,24,25). The predicted molar refractivity (Wildman–Crippen MR) is 114 cm³/mol. The van der Waals surface area contributed by atoms with Gasteiger partial charge >= 0.3 is 0 Å². The number of sulfonamides is 1.